The summed E-state index contributed by atoms with van der Waals surface area (Å²) in [4.78, 5) is 2.66. The van der Waals surface area contributed by atoms with E-state index in [1.165, 1.54) is 45.3 Å². The van der Waals surface area contributed by atoms with E-state index in [2.05, 4.69) is 34.4 Å². The fourth-order valence-corrected chi connectivity index (χ4v) is 2.98. The molecule has 0 aromatic rings. The lowest BCUT2D eigenvalue weighted by atomic mass is 9.95. The highest BCUT2D eigenvalue weighted by atomic mass is 127. The number of likely N-dealkylation sites (tertiary alicyclic amines) is 1. The van der Waals surface area contributed by atoms with Gasteiger partial charge in [-0.15, -0.1) is 0 Å². The fraction of sp³-hybridized carbons (Fsp3) is 1.00. The van der Waals surface area contributed by atoms with E-state index in [0.29, 0.717) is 3.42 Å². The van der Waals surface area contributed by atoms with Gasteiger partial charge in [0.2, 0.25) is 0 Å². The second-order valence-electron chi connectivity index (χ2n) is 5.27. The first kappa shape index (κ1) is 12.1. The van der Waals surface area contributed by atoms with Crippen molar-refractivity contribution in [1.82, 2.24) is 4.90 Å². The zero-order valence-corrected chi connectivity index (χ0v) is 11.8. The van der Waals surface area contributed by atoms with Gasteiger partial charge in [-0.1, -0.05) is 29.5 Å². The van der Waals surface area contributed by atoms with Gasteiger partial charge in [-0.2, -0.15) is 0 Å². The quantitative estimate of drug-likeness (QED) is 0.572. The Labute approximate surface area is 107 Å². The summed E-state index contributed by atoms with van der Waals surface area (Å²) in [5.41, 5.74) is 0. The molecule has 0 bridgehead atoms. The summed E-state index contributed by atoms with van der Waals surface area (Å²) in [5, 5.41) is 0. The molecule has 0 aromatic carbocycles. The Morgan fingerprint density at radius 3 is 2.47 bits per heavy atom. The molecule has 0 atom stereocenters. The molecule has 0 radical (unpaired) electrons. The van der Waals surface area contributed by atoms with Gasteiger partial charge in [-0.25, -0.2) is 0 Å². The largest absolute Gasteiger partial charge is 0.381 e. The van der Waals surface area contributed by atoms with E-state index in [0.717, 1.165) is 19.1 Å². The maximum atomic E-state index is 5.40. The van der Waals surface area contributed by atoms with Crippen LogP contribution < -0.4 is 0 Å². The zero-order valence-electron chi connectivity index (χ0n) is 9.67. The highest BCUT2D eigenvalue weighted by molar-refractivity contribution is 14.1. The standard InChI is InChI=1S/C12H22INO/c1-12(13)4-6-14(7-5-12)10-11-2-8-15-9-3-11/h11H,2-10H2,1H3. The third-order valence-corrected chi connectivity index (χ3v) is 4.83. The van der Waals surface area contributed by atoms with Crippen LogP contribution in [0.15, 0.2) is 0 Å². The molecule has 0 aliphatic carbocycles. The number of alkyl halides is 1. The Morgan fingerprint density at radius 2 is 1.87 bits per heavy atom. The smallest absolute Gasteiger partial charge is 0.0469 e. The van der Waals surface area contributed by atoms with Crippen LogP contribution >= 0.6 is 22.6 Å². The minimum Gasteiger partial charge on any atom is -0.381 e. The maximum absolute atomic E-state index is 5.40. The van der Waals surface area contributed by atoms with Crippen molar-refractivity contribution in [2.75, 3.05) is 32.8 Å². The Balaban J connectivity index is 1.71. The van der Waals surface area contributed by atoms with E-state index < -0.39 is 0 Å². The van der Waals surface area contributed by atoms with Gasteiger partial charge in [0.15, 0.2) is 0 Å². The van der Waals surface area contributed by atoms with Gasteiger partial charge in [-0.05, 0) is 44.7 Å². The number of halogens is 1. The molecule has 2 saturated heterocycles. The second-order valence-corrected chi connectivity index (χ2v) is 7.87. The molecule has 0 saturated carbocycles. The summed E-state index contributed by atoms with van der Waals surface area (Å²) < 4.78 is 5.96. The van der Waals surface area contributed by atoms with E-state index >= 15 is 0 Å². The minimum atomic E-state index is 0.559. The number of hydrogen-bond donors (Lipinski definition) is 0. The van der Waals surface area contributed by atoms with Gasteiger partial charge >= 0.3 is 0 Å². The van der Waals surface area contributed by atoms with Crippen molar-refractivity contribution >= 4 is 22.6 Å². The van der Waals surface area contributed by atoms with Crippen LogP contribution in [0.3, 0.4) is 0 Å². The molecule has 0 N–H and O–H groups in total. The number of piperidine rings is 1. The first-order chi connectivity index (χ1) is 7.16. The summed E-state index contributed by atoms with van der Waals surface area (Å²) in [6.45, 7) is 8.29. The van der Waals surface area contributed by atoms with Crippen LogP contribution in [0.2, 0.25) is 0 Å². The molecule has 2 aliphatic rings. The minimum absolute atomic E-state index is 0.559. The lowest BCUT2D eigenvalue weighted by Crippen LogP contribution is -2.42. The van der Waals surface area contributed by atoms with Crippen molar-refractivity contribution in [1.29, 1.82) is 0 Å². The Bertz CT molecular complexity index is 192. The molecule has 3 heteroatoms. The molecular weight excluding hydrogens is 301 g/mol. The van der Waals surface area contributed by atoms with Crippen LogP contribution in [0.25, 0.3) is 0 Å². The van der Waals surface area contributed by atoms with E-state index in [1.54, 1.807) is 0 Å². The van der Waals surface area contributed by atoms with Crippen LogP contribution in [0.4, 0.5) is 0 Å². The number of nitrogens with zero attached hydrogens (tertiary/aromatic N) is 1. The molecular formula is C12H22INO. The molecule has 15 heavy (non-hydrogen) atoms. The van der Waals surface area contributed by atoms with Crippen LogP contribution in [-0.4, -0.2) is 41.2 Å². The first-order valence-corrected chi connectivity index (χ1v) is 7.23. The molecule has 0 amide bonds. The molecule has 88 valence electrons. The van der Waals surface area contributed by atoms with Crippen molar-refractivity contribution in [2.24, 2.45) is 5.92 Å². The average molecular weight is 323 g/mol. The predicted molar refractivity (Wildman–Crippen MR) is 71.6 cm³/mol. The molecule has 2 heterocycles. The van der Waals surface area contributed by atoms with Gasteiger partial charge in [0.25, 0.3) is 0 Å². The molecule has 2 nitrogen and oxygen atoms in total. The van der Waals surface area contributed by atoms with Gasteiger partial charge in [0.05, 0.1) is 0 Å². The van der Waals surface area contributed by atoms with E-state index in [-0.39, 0.29) is 0 Å². The predicted octanol–water partition coefficient (Wildman–Crippen LogP) is 2.70. The number of ether oxygens (including phenoxy) is 1. The number of rotatable bonds is 2. The van der Waals surface area contributed by atoms with Crippen molar-refractivity contribution in [2.45, 2.75) is 36.0 Å². The van der Waals surface area contributed by atoms with Gasteiger partial charge < -0.3 is 9.64 Å². The van der Waals surface area contributed by atoms with Crippen molar-refractivity contribution in [3.05, 3.63) is 0 Å². The molecule has 0 aromatic heterocycles. The molecule has 2 fully saturated rings. The molecule has 2 aliphatic heterocycles. The summed E-state index contributed by atoms with van der Waals surface area (Å²) in [6.07, 6.45) is 5.27. The molecule has 0 unspecified atom stereocenters. The Morgan fingerprint density at radius 1 is 1.27 bits per heavy atom. The summed E-state index contributed by atoms with van der Waals surface area (Å²) >= 11 is 2.63. The van der Waals surface area contributed by atoms with Crippen LogP contribution in [0.5, 0.6) is 0 Å². The molecule has 2 rings (SSSR count). The third kappa shape index (κ3) is 3.86. The number of hydrogen-bond acceptors (Lipinski definition) is 2. The first-order valence-electron chi connectivity index (χ1n) is 6.15. The topological polar surface area (TPSA) is 12.5 Å². The third-order valence-electron chi connectivity index (χ3n) is 3.76. The van der Waals surface area contributed by atoms with Gasteiger partial charge in [0.1, 0.15) is 0 Å². The Kier molecular flexibility index (Phi) is 4.30. The van der Waals surface area contributed by atoms with Crippen LogP contribution in [0, 0.1) is 5.92 Å². The lowest BCUT2D eigenvalue weighted by molar-refractivity contribution is 0.0488. The summed E-state index contributed by atoms with van der Waals surface area (Å²) in [7, 11) is 0. The van der Waals surface area contributed by atoms with Gasteiger partial charge in [-0.3, -0.25) is 0 Å². The SMILES string of the molecule is CC1(I)CCN(CC2CCOCC2)CC1. The van der Waals surface area contributed by atoms with Gasteiger partial charge in [0, 0.05) is 23.2 Å². The summed E-state index contributed by atoms with van der Waals surface area (Å²) in [5.74, 6) is 0.900. The van der Waals surface area contributed by atoms with Crippen molar-refractivity contribution in [3.63, 3.8) is 0 Å². The van der Waals surface area contributed by atoms with Crippen LogP contribution in [0.1, 0.15) is 32.6 Å². The van der Waals surface area contributed by atoms with E-state index in [4.69, 9.17) is 4.74 Å². The summed E-state index contributed by atoms with van der Waals surface area (Å²) in [6, 6.07) is 0. The highest BCUT2D eigenvalue weighted by Crippen LogP contribution is 2.31. The zero-order chi connectivity index (χ0) is 10.7. The molecule has 0 spiro atoms. The average Bonchev–Trinajstić information content (AvgIpc) is 2.23. The monoisotopic (exact) mass is 323 g/mol. The second kappa shape index (κ2) is 5.32. The maximum Gasteiger partial charge on any atom is 0.0469 e. The fourth-order valence-electron chi connectivity index (χ4n) is 2.50. The normalized spacial score (nSPS) is 29.2. The van der Waals surface area contributed by atoms with E-state index in [9.17, 15) is 0 Å². The van der Waals surface area contributed by atoms with E-state index in [1.807, 2.05) is 0 Å². The van der Waals surface area contributed by atoms with Crippen molar-refractivity contribution < 1.29 is 4.74 Å². The van der Waals surface area contributed by atoms with Crippen molar-refractivity contribution in [3.8, 4) is 0 Å². The Hall–Kier alpha value is 0.650. The highest BCUT2D eigenvalue weighted by Gasteiger charge is 2.28. The van der Waals surface area contributed by atoms with Crippen LogP contribution in [-0.2, 0) is 4.74 Å². The lowest BCUT2D eigenvalue weighted by Gasteiger charge is -2.38.